The van der Waals surface area contributed by atoms with Crippen LogP contribution in [0.15, 0.2) is 16.7 Å². The van der Waals surface area contributed by atoms with Crippen molar-refractivity contribution in [1.29, 1.82) is 0 Å². The Labute approximate surface area is 85.9 Å². The summed E-state index contributed by atoms with van der Waals surface area (Å²) in [5.74, 6) is 1.48. The van der Waals surface area contributed by atoms with Crippen LogP contribution in [-0.2, 0) is 0 Å². The minimum Gasteiger partial charge on any atom is -0.469 e. The van der Waals surface area contributed by atoms with Crippen LogP contribution in [0.2, 0.25) is 0 Å². The fourth-order valence-electron chi connectivity index (χ4n) is 1.71. The molecule has 1 heterocycles. The molecule has 14 heavy (non-hydrogen) atoms. The highest BCUT2D eigenvalue weighted by molar-refractivity contribution is 5.14. The van der Waals surface area contributed by atoms with E-state index in [0.29, 0.717) is 5.92 Å². The van der Waals surface area contributed by atoms with E-state index >= 15 is 0 Å². The molecule has 0 bridgehead atoms. The molecule has 0 aliphatic heterocycles. The van der Waals surface area contributed by atoms with E-state index in [1.54, 1.807) is 6.26 Å². The first-order chi connectivity index (χ1) is 6.67. The number of rotatable bonds is 5. The number of aliphatic hydroxyl groups is 1. The summed E-state index contributed by atoms with van der Waals surface area (Å²) in [6, 6.07) is 1.91. The Bertz CT molecular complexity index is 261. The van der Waals surface area contributed by atoms with Gasteiger partial charge >= 0.3 is 0 Å². The molecule has 0 aliphatic carbocycles. The number of furan rings is 1. The van der Waals surface area contributed by atoms with Crippen molar-refractivity contribution in [3.05, 3.63) is 23.7 Å². The van der Waals surface area contributed by atoms with E-state index in [9.17, 15) is 5.11 Å². The Kier molecular flexibility index (Phi) is 4.21. The van der Waals surface area contributed by atoms with Crippen molar-refractivity contribution in [2.45, 2.75) is 46.1 Å². The summed E-state index contributed by atoms with van der Waals surface area (Å²) in [5.41, 5.74) is 0.911. The van der Waals surface area contributed by atoms with Gasteiger partial charge in [0.05, 0.1) is 12.4 Å². The topological polar surface area (TPSA) is 33.4 Å². The Morgan fingerprint density at radius 1 is 1.36 bits per heavy atom. The van der Waals surface area contributed by atoms with E-state index in [2.05, 4.69) is 13.8 Å². The molecule has 2 nitrogen and oxygen atoms in total. The molecule has 1 unspecified atom stereocenters. The molecule has 0 saturated carbocycles. The zero-order valence-electron chi connectivity index (χ0n) is 9.29. The summed E-state index contributed by atoms with van der Waals surface area (Å²) in [4.78, 5) is 0. The van der Waals surface area contributed by atoms with Gasteiger partial charge in [0.2, 0.25) is 0 Å². The van der Waals surface area contributed by atoms with Gasteiger partial charge in [0.1, 0.15) is 5.76 Å². The van der Waals surface area contributed by atoms with Gasteiger partial charge in [0, 0.05) is 5.56 Å². The monoisotopic (exact) mass is 196 g/mol. The van der Waals surface area contributed by atoms with Crippen LogP contribution in [0.1, 0.15) is 50.5 Å². The Balaban J connectivity index is 2.53. The highest BCUT2D eigenvalue weighted by Crippen LogP contribution is 2.26. The lowest BCUT2D eigenvalue weighted by atomic mass is 9.94. The largest absolute Gasteiger partial charge is 0.469 e. The fraction of sp³-hybridized carbons (Fsp3) is 0.667. The molecule has 0 spiro atoms. The van der Waals surface area contributed by atoms with E-state index in [1.165, 1.54) is 0 Å². The van der Waals surface area contributed by atoms with Gasteiger partial charge in [-0.25, -0.2) is 0 Å². The molecule has 1 atom stereocenters. The SMILES string of the molecule is CCC(CC)CC(O)c1coc(C)c1. The van der Waals surface area contributed by atoms with Crippen molar-refractivity contribution in [3.63, 3.8) is 0 Å². The minimum atomic E-state index is -0.364. The molecule has 1 aromatic heterocycles. The number of aryl methyl sites for hydroxylation is 1. The zero-order valence-corrected chi connectivity index (χ0v) is 9.29. The molecule has 1 aromatic rings. The van der Waals surface area contributed by atoms with Crippen LogP contribution in [0.5, 0.6) is 0 Å². The highest BCUT2D eigenvalue weighted by atomic mass is 16.3. The van der Waals surface area contributed by atoms with Crippen molar-refractivity contribution in [2.75, 3.05) is 0 Å². The smallest absolute Gasteiger partial charge is 0.101 e. The molecule has 1 rings (SSSR count). The predicted octanol–water partition coefficient (Wildman–Crippen LogP) is 3.45. The molecule has 0 fully saturated rings. The quantitative estimate of drug-likeness (QED) is 0.782. The third-order valence-corrected chi connectivity index (χ3v) is 2.85. The number of hydrogen-bond acceptors (Lipinski definition) is 2. The van der Waals surface area contributed by atoms with Crippen LogP contribution in [0.3, 0.4) is 0 Å². The van der Waals surface area contributed by atoms with Crippen LogP contribution in [0.4, 0.5) is 0 Å². The second-order valence-corrected chi connectivity index (χ2v) is 3.92. The average molecular weight is 196 g/mol. The molecular formula is C12H20O2. The van der Waals surface area contributed by atoms with E-state index in [0.717, 1.165) is 30.6 Å². The summed E-state index contributed by atoms with van der Waals surface area (Å²) in [7, 11) is 0. The van der Waals surface area contributed by atoms with Crippen LogP contribution >= 0.6 is 0 Å². The van der Waals surface area contributed by atoms with Gasteiger partial charge in [-0.15, -0.1) is 0 Å². The maximum absolute atomic E-state index is 9.91. The molecule has 80 valence electrons. The van der Waals surface area contributed by atoms with Crippen molar-refractivity contribution in [2.24, 2.45) is 5.92 Å². The number of aliphatic hydroxyl groups excluding tert-OH is 1. The predicted molar refractivity (Wildman–Crippen MR) is 57.1 cm³/mol. The van der Waals surface area contributed by atoms with E-state index in [1.807, 2.05) is 13.0 Å². The third-order valence-electron chi connectivity index (χ3n) is 2.85. The van der Waals surface area contributed by atoms with Gasteiger partial charge in [-0.1, -0.05) is 26.7 Å². The molecule has 1 N–H and O–H groups in total. The molecular weight excluding hydrogens is 176 g/mol. The summed E-state index contributed by atoms with van der Waals surface area (Å²) in [6.45, 7) is 6.23. The first-order valence-corrected chi connectivity index (χ1v) is 5.40. The average Bonchev–Trinajstić information content (AvgIpc) is 2.61. The van der Waals surface area contributed by atoms with Crippen molar-refractivity contribution in [1.82, 2.24) is 0 Å². The molecule has 2 heteroatoms. The summed E-state index contributed by atoms with van der Waals surface area (Å²) in [5, 5.41) is 9.91. The maximum atomic E-state index is 9.91. The van der Waals surface area contributed by atoms with Crippen LogP contribution in [-0.4, -0.2) is 5.11 Å². The number of hydrogen-bond donors (Lipinski definition) is 1. The van der Waals surface area contributed by atoms with Gasteiger partial charge in [0.25, 0.3) is 0 Å². The van der Waals surface area contributed by atoms with Crippen LogP contribution in [0.25, 0.3) is 0 Å². The lowest BCUT2D eigenvalue weighted by Crippen LogP contribution is -2.05. The maximum Gasteiger partial charge on any atom is 0.101 e. The summed E-state index contributed by atoms with van der Waals surface area (Å²) in [6.07, 6.45) is 4.39. The first kappa shape index (κ1) is 11.3. The Hall–Kier alpha value is -0.760. The second-order valence-electron chi connectivity index (χ2n) is 3.92. The van der Waals surface area contributed by atoms with Gasteiger partial charge < -0.3 is 9.52 Å². The lowest BCUT2D eigenvalue weighted by Gasteiger charge is -2.15. The lowest BCUT2D eigenvalue weighted by molar-refractivity contribution is 0.140. The Morgan fingerprint density at radius 2 is 2.00 bits per heavy atom. The van der Waals surface area contributed by atoms with Gasteiger partial charge in [0.15, 0.2) is 0 Å². The van der Waals surface area contributed by atoms with Gasteiger partial charge in [-0.3, -0.25) is 0 Å². The minimum absolute atomic E-state index is 0.364. The van der Waals surface area contributed by atoms with E-state index in [4.69, 9.17) is 4.42 Å². The zero-order chi connectivity index (χ0) is 10.6. The van der Waals surface area contributed by atoms with Crippen LogP contribution < -0.4 is 0 Å². The fourth-order valence-corrected chi connectivity index (χ4v) is 1.71. The van der Waals surface area contributed by atoms with Gasteiger partial charge in [-0.2, -0.15) is 0 Å². The van der Waals surface area contributed by atoms with Crippen molar-refractivity contribution < 1.29 is 9.52 Å². The molecule has 0 amide bonds. The summed E-state index contributed by atoms with van der Waals surface area (Å²) < 4.78 is 5.17. The van der Waals surface area contributed by atoms with Crippen molar-refractivity contribution >= 4 is 0 Å². The molecule has 0 aliphatic rings. The molecule has 0 saturated heterocycles. The van der Waals surface area contributed by atoms with E-state index in [-0.39, 0.29) is 6.10 Å². The second kappa shape index (κ2) is 5.20. The van der Waals surface area contributed by atoms with Crippen LogP contribution in [0, 0.1) is 12.8 Å². The van der Waals surface area contributed by atoms with Crippen molar-refractivity contribution in [3.8, 4) is 0 Å². The standard InChI is InChI=1S/C12H20O2/c1-4-10(5-2)7-12(13)11-6-9(3)14-8-11/h6,8,10,12-13H,4-5,7H2,1-3H3. The third kappa shape index (κ3) is 2.88. The van der Waals surface area contributed by atoms with Gasteiger partial charge in [-0.05, 0) is 25.3 Å². The molecule has 0 radical (unpaired) electrons. The normalized spacial score (nSPS) is 13.5. The highest BCUT2D eigenvalue weighted by Gasteiger charge is 2.14. The Morgan fingerprint density at radius 3 is 2.43 bits per heavy atom. The molecule has 0 aromatic carbocycles. The first-order valence-electron chi connectivity index (χ1n) is 5.40. The summed E-state index contributed by atoms with van der Waals surface area (Å²) >= 11 is 0. The van der Waals surface area contributed by atoms with E-state index < -0.39 is 0 Å².